The van der Waals surface area contributed by atoms with Crippen molar-refractivity contribution in [2.75, 3.05) is 6.26 Å². The van der Waals surface area contributed by atoms with Crippen LogP contribution in [0.25, 0.3) is 0 Å². The smallest absolute Gasteiger partial charge is 0.507 e. The van der Waals surface area contributed by atoms with E-state index in [-0.39, 0.29) is 16.3 Å². The maximum Gasteiger partial charge on any atom is 0.673 e. The van der Waals surface area contributed by atoms with Gasteiger partial charge < -0.3 is 22.4 Å². The van der Waals surface area contributed by atoms with Crippen molar-refractivity contribution in [3.63, 3.8) is 0 Å². The zero-order chi connectivity index (χ0) is 20.1. The molecule has 0 heterocycles. The van der Waals surface area contributed by atoms with Crippen LogP contribution in [0, 0.1) is 6.92 Å². The van der Waals surface area contributed by atoms with Crippen LogP contribution in [0.4, 0.5) is 17.3 Å². The first-order chi connectivity index (χ1) is 11.8. The predicted molar refractivity (Wildman–Crippen MR) is 103 cm³/mol. The lowest BCUT2D eigenvalue weighted by Crippen LogP contribution is -2.14. The summed E-state index contributed by atoms with van der Waals surface area (Å²) in [5.41, 5.74) is 3.35. The van der Waals surface area contributed by atoms with Crippen molar-refractivity contribution in [1.82, 2.24) is 0 Å². The first-order valence-electron chi connectivity index (χ1n) is 8.17. The van der Waals surface area contributed by atoms with Gasteiger partial charge in [-0.15, -0.1) is 0 Å². The molecule has 2 aromatic rings. The first kappa shape index (κ1) is 22.4. The highest BCUT2D eigenvalue weighted by Gasteiger charge is 2.25. The topological polar surface area (TPSA) is 20.2 Å². The Kier molecular flexibility index (Phi) is 7.63. The molecule has 0 saturated heterocycles. The van der Waals surface area contributed by atoms with Gasteiger partial charge in [-0.2, -0.15) is 0 Å². The van der Waals surface area contributed by atoms with Crippen LogP contribution in [-0.4, -0.2) is 18.6 Å². The normalized spacial score (nSPS) is 13.0. The van der Waals surface area contributed by atoms with E-state index in [9.17, 15) is 22.4 Å². The Bertz CT molecular complexity index is 706. The molecule has 26 heavy (non-hydrogen) atoms. The zero-order valence-corrected chi connectivity index (χ0v) is 16.5. The van der Waals surface area contributed by atoms with E-state index in [1.165, 1.54) is 10.5 Å². The van der Waals surface area contributed by atoms with E-state index in [4.69, 9.17) is 0 Å². The van der Waals surface area contributed by atoms with Crippen LogP contribution in [0.2, 0.25) is 0 Å². The number of aromatic hydroxyl groups is 1. The third kappa shape index (κ3) is 7.73. The fourth-order valence-corrected chi connectivity index (χ4v) is 3.98. The van der Waals surface area contributed by atoms with E-state index in [0.717, 1.165) is 16.9 Å². The highest BCUT2D eigenvalue weighted by molar-refractivity contribution is 7.95. The van der Waals surface area contributed by atoms with Gasteiger partial charge in [0.05, 0.1) is 0 Å². The Morgan fingerprint density at radius 1 is 1.00 bits per heavy atom. The molecule has 1 nitrogen and oxygen atoms in total. The van der Waals surface area contributed by atoms with Crippen LogP contribution in [0.15, 0.2) is 47.4 Å². The monoisotopic (exact) mass is 388 g/mol. The lowest BCUT2D eigenvalue weighted by molar-refractivity contribution is 0.368. The number of halogens is 4. The summed E-state index contributed by atoms with van der Waals surface area (Å²) in [4.78, 5) is 1.33. The number of phenolic OH excluding ortho intramolecular Hbond substituents is 1. The fourth-order valence-electron chi connectivity index (χ4n) is 2.43. The minimum Gasteiger partial charge on any atom is -0.507 e. The van der Waals surface area contributed by atoms with Crippen LogP contribution >= 0.6 is 0 Å². The number of rotatable bonds is 3. The molecule has 7 heteroatoms. The molecular weight excluding hydrogens is 363 g/mol. The molecule has 0 radical (unpaired) electrons. The Morgan fingerprint density at radius 2 is 1.50 bits per heavy atom. The summed E-state index contributed by atoms with van der Waals surface area (Å²) in [7, 11) is -5.86. The summed E-state index contributed by atoms with van der Waals surface area (Å²) in [6.45, 7) is 8.44. The van der Waals surface area contributed by atoms with E-state index >= 15 is 0 Å². The molecule has 1 atom stereocenters. The summed E-state index contributed by atoms with van der Waals surface area (Å²) in [5.74, 6) is 1.50. The molecular formula is C19H25BF4OS. The van der Waals surface area contributed by atoms with E-state index in [2.05, 4.69) is 69.5 Å². The van der Waals surface area contributed by atoms with Crippen LogP contribution in [0.3, 0.4) is 0 Å². The van der Waals surface area contributed by atoms with Gasteiger partial charge in [-0.05, 0) is 24.0 Å². The van der Waals surface area contributed by atoms with Gasteiger partial charge >= 0.3 is 7.25 Å². The minimum absolute atomic E-state index is 0.0399. The largest absolute Gasteiger partial charge is 0.673 e. The van der Waals surface area contributed by atoms with Gasteiger partial charge in [0.2, 0.25) is 0 Å². The SMILES string of the molecule is Cc1cc([S+](C)Cc2ccccc2)cc(C(C)(C)C)c1O.F[B-](F)(F)F. The second-order valence-corrected chi connectivity index (χ2v) is 9.18. The first-order valence-corrected chi connectivity index (χ1v) is 9.97. The molecule has 144 valence electrons. The average molecular weight is 388 g/mol. The highest BCUT2D eigenvalue weighted by atomic mass is 32.2. The number of hydrogen-bond acceptors (Lipinski definition) is 1. The van der Waals surface area contributed by atoms with Gasteiger partial charge in [0, 0.05) is 28.1 Å². The van der Waals surface area contributed by atoms with Crippen molar-refractivity contribution in [1.29, 1.82) is 0 Å². The highest BCUT2D eigenvalue weighted by Crippen LogP contribution is 2.35. The van der Waals surface area contributed by atoms with Crippen molar-refractivity contribution < 1.29 is 22.4 Å². The van der Waals surface area contributed by atoms with Crippen LogP contribution in [0.5, 0.6) is 5.75 Å². The van der Waals surface area contributed by atoms with Crippen LogP contribution in [-0.2, 0) is 22.1 Å². The second-order valence-electron chi connectivity index (χ2n) is 7.15. The van der Waals surface area contributed by atoms with Crippen LogP contribution in [0.1, 0.15) is 37.5 Å². The molecule has 2 aromatic carbocycles. The van der Waals surface area contributed by atoms with E-state index in [1.807, 2.05) is 6.92 Å². The van der Waals surface area contributed by atoms with Gasteiger partial charge in [-0.3, -0.25) is 0 Å². The molecule has 0 saturated carbocycles. The van der Waals surface area contributed by atoms with Gasteiger partial charge in [-0.25, -0.2) is 0 Å². The standard InChI is InChI=1S/C19H24OS.BF4/c1-14-11-16(12-17(18(14)20)19(2,3)4)21(5)13-15-9-7-6-8-10-15;2-1(3,4)5/h6-12H,13H2,1-5H3;/q;-1/p+1. The zero-order valence-electron chi connectivity index (χ0n) is 15.7. The summed E-state index contributed by atoms with van der Waals surface area (Å²) in [5, 5.41) is 10.3. The molecule has 0 aliphatic carbocycles. The number of benzene rings is 2. The van der Waals surface area contributed by atoms with Gasteiger partial charge in [-0.1, -0.05) is 51.1 Å². The lowest BCUT2D eigenvalue weighted by atomic mass is 9.85. The number of phenols is 1. The van der Waals surface area contributed by atoms with Crippen molar-refractivity contribution in [3.05, 3.63) is 59.2 Å². The Morgan fingerprint density at radius 3 is 1.96 bits per heavy atom. The second kappa shape index (κ2) is 8.84. The molecule has 0 bridgehead atoms. The Labute approximate surface area is 155 Å². The number of hydrogen-bond donors (Lipinski definition) is 1. The molecule has 0 amide bonds. The van der Waals surface area contributed by atoms with Crippen molar-refractivity contribution in [2.45, 2.75) is 43.8 Å². The molecule has 0 aliphatic heterocycles. The average Bonchev–Trinajstić information content (AvgIpc) is 2.48. The van der Waals surface area contributed by atoms with Crippen LogP contribution < -0.4 is 0 Å². The van der Waals surface area contributed by atoms with Gasteiger partial charge in [0.1, 0.15) is 17.8 Å². The quantitative estimate of drug-likeness (QED) is 0.382. The van der Waals surface area contributed by atoms with Gasteiger partial charge in [0.15, 0.2) is 4.90 Å². The molecule has 1 N–H and O–H groups in total. The minimum atomic E-state index is -6.00. The van der Waals surface area contributed by atoms with Gasteiger partial charge in [0.25, 0.3) is 0 Å². The lowest BCUT2D eigenvalue weighted by Gasteiger charge is -2.22. The molecule has 2 rings (SSSR count). The predicted octanol–water partition coefficient (Wildman–Crippen LogP) is 6.11. The fraction of sp³-hybridized carbons (Fsp3) is 0.368. The van der Waals surface area contributed by atoms with E-state index in [0.29, 0.717) is 5.75 Å². The molecule has 0 aliphatic rings. The maximum atomic E-state index is 10.3. The third-order valence-electron chi connectivity index (χ3n) is 3.71. The Hall–Kier alpha value is -1.63. The van der Waals surface area contributed by atoms with E-state index in [1.54, 1.807) is 0 Å². The molecule has 1 unspecified atom stereocenters. The summed E-state index contributed by atoms with van der Waals surface area (Å²) < 4.78 is 39.0. The Balaban J connectivity index is 0.000000597. The van der Waals surface area contributed by atoms with Crippen molar-refractivity contribution in [3.8, 4) is 5.75 Å². The summed E-state index contributed by atoms with van der Waals surface area (Å²) in [6.07, 6.45) is 2.28. The molecule has 0 aromatic heterocycles. The summed E-state index contributed by atoms with van der Waals surface area (Å²) >= 11 is 0. The maximum absolute atomic E-state index is 10.3. The molecule has 0 fully saturated rings. The molecule has 0 spiro atoms. The van der Waals surface area contributed by atoms with Crippen molar-refractivity contribution >= 4 is 18.1 Å². The number of aryl methyl sites for hydroxylation is 1. The van der Waals surface area contributed by atoms with E-state index < -0.39 is 7.25 Å². The summed E-state index contributed by atoms with van der Waals surface area (Å²) in [6, 6.07) is 14.9. The third-order valence-corrected chi connectivity index (χ3v) is 5.52. The van der Waals surface area contributed by atoms with Crippen molar-refractivity contribution in [2.24, 2.45) is 0 Å².